The van der Waals surface area contributed by atoms with Crippen molar-refractivity contribution in [3.63, 3.8) is 0 Å². The molecule has 1 heterocycles. The van der Waals surface area contributed by atoms with E-state index in [0.717, 1.165) is 29.8 Å². The molecule has 0 aromatic carbocycles. The lowest BCUT2D eigenvalue weighted by molar-refractivity contribution is -0.130. The summed E-state index contributed by atoms with van der Waals surface area (Å²) < 4.78 is 1.82. The van der Waals surface area contributed by atoms with Crippen LogP contribution in [0.4, 0.5) is 0 Å². The fraction of sp³-hybridized carbons (Fsp3) is 0.600. The van der Waals surface area contributed by atoms with Crippen LogP contribution in [0.2, 0.25) is 0 Å². The highest BCUT2D eigenvalue weighted by Gasteiger charge is 2.27. The third-order valence-electron chi connectivity index (χ3n) is 4.10. The van der Waals surface area contributed by atoms with E-state index in [4.69, 9.17) is 5.11 Å². The summed E-state index contributed by atoms with van der Waals surface area (Å²) in [7, 11) is 1.90. The Balaban J connectivity index is 2.10. The summed E-state index contributed by atoms with van der Waals surface area (Å²) >= 11 is 0. The Kier molecular flexibility index (Phi) is 4.60. The minimum absolute atomic E-state index is 0.0149. The van der Waals surface area contributed by atoms with Gasteiger partial charge in [-0.1, -0.05) is 0 Å². The second-order valence-electron chi connectivity index (χ2n) is 5.38. The zero-order valence-corrected chi connectivity index (χ0v) is 12.5. The molecule has 20 heavy (non-hydrogen) atoms. The Hall–Kier alpha value is -1.62. The average Bonchev–Trinajstić information content (AvgIpc) is 2.58. The quantitative estimate of drug-likeness (QED) is 0.828. The van der Waals surface area contributed by atoms with Gasteiger partial charge in [0.2, 0.25) is 5.91 Å². The minimum Gasteiger partial charge on any atom is -0.395 e. The van der Waals surface area contributed by atoms with Crippen molar-refractivity contribution in [2.45, 2.75) is 39.2 Å². The van der Waals surface area contributed by atoms with E-state index < -0.39 is 0 Å². The zero-order chi connectivity index (χ0) is 14.7. The summed E-state index contributed by atoms with van der Waals surface area (Å²) in [5, 5.41) is 13.4. The first-order valence-electron chi connectivity index (χ1n) is 7.14. The van der Waals surface area contributed by atoms with Crippen LogP contribution in [0.5, 0.6) is 0 Å². The maximum atomic E-state index is 12.3. The molecule has 5 heteroatoms. The van der Waals surface area contributed by atoms with Gasteiger partial charge in [-0.3, -0.25) is 9.48 Å². The molecule has 1 aliphatic carbocycles. The molecule has 1 aliphatic rings. The SMILES string of the molecule is Cc1nn(C)c(C)c1/C=C/C(=O)N(CCO)C1CCC1. The van der Waals surface area contributed by atoms with E-state index in [9.17, 15) is 4.79 Å². The van der Waals surface area contributed by atoms with Crippen molar-refractivity contribution < 1.29 is 9.90 Å². The van der Waals surface area contributed by atoms with Crippen LogP contribution in [0.25, 0.3) is 6.08 Å². The third-order valence-corrected chi connectivity index (χ3v) is 4.10. The lowest BCUT2D eigenvalue weighted by Gasteiger charge is -2.36. The van der Waals surface area contributed by atoms with Gasteiger partial charge in [0, 0.05) is 37.0 Å². The van der Waals surface area contributed by atoms with Gasteiger partial charge < -0.3 is 10.0 Å². The predicted octanol–water partition coefficient (Wildman–Crippen LogP) is 1.42. The highest BCUT2D eigenvalue weighted by Crippen LogP contribution is 2.25. The second-order valence-corrected chi connectivity index (χ2v) is 5.38. The van der Waals surface area contributed by atoms with Gasteiger partial charge in [0.05, 0.1) is 12.3 Å². The molecule has 0 aliphatic heterocycles. The standard InChI is InChI=1S/C15H23N3O2/c1-11-14(12(2)17(3)16-11)7-8-15(20)18(9-10-19)13-5-4-6-13/h7-8,13,19H,4-6,9-10H2,1-3H3/b8-7+. The van der Waals surface area contributed by atoms with Crippen LogP contribution in [0, 0.1) is 13.8 Å². The van der Waals surface area contributed by atoms with Gasteiger partial charge in [0.15, 0.2) is 0 Å². The van der Waals surface area contributed by atoms with Crippen LogP contribution in [0.1, 0.15) is 36.2 Å². The summed E-state index contributed by atoms with van der Waals surface area (Å²) in [6.07, 6.45) is 6.70. The first-order valence-corrected chi connectivity index (χ1v) is 7.14. The van der Waals surface area contributed by atoms with Crippen molar-refractivity contribution in [1.29, 1.82) is 0 Å². The van der Waals surface area contributed by atoms with Crippen molar-refractivity contribution in [3.8, 4) is 0 Å². The lowest BCUT2D eigenvalue weighted by Crippen LogP contribution is -2.44. The van der Waals surface area contributed by atoms with Gasteiger partial charge in [-0.25, -0.2) is 0 Å². The molecule has 0 unspecified atom stereocenters. The summed E-state index contributed by atoms with van der Waals surface area (Å²) in [6, 6.07) is 0.301. The number of hydrogen-bond acceptors (Lipinski definition) is 3. The van der Waals surface area contributed by atoms with E-state index in [-0.39, 0.29) is 12.5 Å². The number of nitrogens with zero attached hydrogens (tertiary/aromatic N) is 3. The third kappa shape index (κ3) is 2.93. The Morgan fingerprint density at radius 2 is 2.20 bits per heavy atom. The maximum Gasteiger partial charge on any atom is 0.246 e. The largest absolute Gasteiger partial charge is 0.395 e. The number of aromatic nitrogens is 2. The van der Waals surface area contributed by atoms with Crippen LogP contribution >= 0.6 is 0 Å². The number of carbonyl (C=O) groups excluding carboxylic acids is 1. The summed E-state index contributed by atoms with van der Waals surface area (Å²) in [5.74, 6) is -0.0218. The van der Waals surface area contributed by atoms with Crippen molar-refractivity contribution in [1.82, 2.24) is 14.7 Å². The van der Waals surface area contributed by atoms with Crippen LogP contribution in [-0.2, 0) is 11.8 Å². The van der Waals surface area contributed by atoms with Crippen LogP contribution in [0.3, 0.4) is 0 Å². The highest BCUT2D eigenvalue weighted by atomic mass is 16.3. The van der Waals surface area contributed by atoms with Crippen molar-refractivity contribution >= 4 is 12.0 Å². The Morgan fingerprint density at radius 1 is 1.50 bits per heavy atom. The number of aliphatic hydroxyl groups excluding tert-OH is 1. The molecule has 1 aromatic heterocycles. The fourth-order valence-corrected chi connectivity index (χ4v) is 2.56. The highest BCUT2D eigenvalue weighted by molar-refractivity contribution is 5.92. The molecule has 0 atom stereocenters. The van der Waals surface area contributed by atoms with Crippen LogP contribution in [-0.4, -0.2) is 44.9 Å². The van der Waals surface area contributed by atoms with E-state index in [1.54, 1.807) is 11.0 Å². The smallest absolute Gasteiger partial charge is 0.246 e. The maximum absolute atomic E-state index is 12.3. The Morgan fingerprint density at radius 3 is 2.65 bits per heavy atom. The van der Waals surface area contributed by atoms with E-state index >= 15 is 0 Å². The Labute approximate surface area is 119 Å². The molecule has 0 saturated heterocycles. The average molecular weight is 277 g/mol. The monoisotopic (exact) mass is 277 g/mol. The number of rotatable bonds is 5. The molecule has 5 nitrogen and oxygen atoms in total. The van der Waals surface area contributed by atoms with E-state index in [1.807, 2.05) is 31.7 Å². The number of aliphatic hydroxyl groups is 1. The summed E-state index contributed by atoms with van der Waals surface area (Å²) in [4.78, 5) is 14.0. The zero-order valence-electron chi connectivity index (χ0n) is 12.5. The van der Waals surface area contributed by atoms with Crippen molar-refractivity contribution in [2.75, 3.05) is 13.2 Å². The van der Waals surface area contributed by atoms with Gasteiger partial charge in [-0.2, -0.15) is 5.10 Å². The second kappa shape index (κ2) is 6.22. The van der Waals surface area contributed by atoms with Crippen molar-refractivity contribution in [3.05, 3.63) is 23.0 Å². The first kappa shape index (κ1) is 14.8. The molecule has 1 aromatic rings. The molecule has 2 rings (SSSR count). The van der Waals surface area contributed by atoms with Gasteiger partial charge >= 0.3 is 0 Å². The molecule has 1 N–H and O–H groups in total. The molecule has 0 radical (unpaired) electrons. The van der Waals surface area contributed by atoms with Gasteiger partial charge in [0.1, 0.15) is 0 Å². The molecule has 0 bridgehead atoms. The minimum atomic E-state index is -0.0218. The summed E-state index contributed by atoms with van der Waals surface area (Å²) in [5.41, 5.74) is 2.97. The number of amides is 1. The fourth-order valence-electron chi connectivity index (χ4n) is 2.56. The van der Waals surface area contributed by atoms with Crippen LogP contribution < -0.4 is 0 Å². The Bertz CT molecular complexity index is 515. The van der Waals surface area contributed by atoms with Gasteiger partial charge in [-0.05, 0) is 39.2 Å². The molecular formula is C15H23N3O2. The molecule has 1 fully saturated rings. The first-order chi connectivity index (χ1) is 9.54. The number of hydrogen-bond donors (Lipinski definition) is 1. The number of aryl methyl sites for hydroxylation is 2. The molecule has 110 valence electrons. The van der Waals surface area contributed by atoms with E-state index in [2.05, 4.69) is 5.10 Å². The van der Waals surface area contributed by atoms with Gasteiger partial charge in [0.25, 0.3) is 0 Å². The molecule has 0 spiro atoms. The van der Waals surface area contributed by atoms with Gasteiger partial charge in [-0.15, -0.1) is 0 Å². The summed E-state index contributed by atoms with van der Waals surface area (Å²) in [6.45, 7) is 4.36. The topological polar surface area (TPSA) is 58.4 Å². The van der Waals surface area contributed by atoms with E-state index in [0.29, 0.717) is 12.6 Å². The number of carbonyl (C=O) groups is 1. The van der Waals surface area contributed by atoms with E-state index in [1.165, 1.54) is 6.42 Å². The van der Waals surface area contributed by atoms with Crippen LogP contribution in [0.15, 0.2) is 6.08 Å². The molecule has 1 amide bonds. The molecular weight excluding hydrogens is 254 g/mol. The molecule has 1 saturated carbocycles. The normalized spacial score (nSPS) is 15.6. The predicted molar refractivity (Wildman–Crippen MR) is 78.2 cm³/mol. The lowest BCUT2D eigenvalue weighted by atomic mass is 9.91. The van der Waals surface area contributed by atoms with Crippen molar-refractivity contribution in [2.24, 2.45) is 7.05 Å².